The Kier molecular flexibility index (Phi) is 5.42. The predicted molar refractivity (Wildman–Crippen MR) is 67.7 cm³/mol. The number of hydrogen-bond acceptors (Lipinski definition) is 1. The van der Waals surface area contributed by atoms with Crippen molar-refractivity contribution in [2.45, 2.75) is 39.2 Å². The molecular formula is C13H18BrFO. The van der Waals surface area contributed by atoms with Gasteiger partial charge in [0.1, 0.15) is 5.82 Å². The lowest BCUT2D eigenvalue weighted by Gasteiger charge is -2.12. The average Bonchev–Trinajstić information content (AvgIpc) is 2.21. The summed E-state index contributed by atoms with van der Waals surface area (Å²) in [5.41, 5.74) is 0.775. The summed E-state index contributed by atoms with van der Waals surface area (Å²) in [4.78, 5) is 0. The molecule has 1 rings (SSSR count). The number of hydrogen-bond donors (Lipinski definition) is 1. The van der Waals surface area contributed by atoms with Crippen molar-refractivity contribution >= 4 is 15.9 Å². The number of halogens is 2. The van der Waals surface area contributed by atoms with Crippen LogP contribution in [0.2, 0.25) is 0 Å². The van der Waals surface area contributed by atoms with E-state index >= 15 is 0 Å². The first-order valence-corrected chi connectivity index (χ1v) is 6.43. The zero-order valence-corrected chi connectivity index (χ0v) is 11.3. The molecule has 0 saturated heterocycles. The molecule has 0 spiro atoms. The van der Waals surface area contributed by atoms with E-state index in [1.165, 1.54) is 6.07 Å². The minimum Gasteiger partial charge on any atom is -0.388 e. The van der Waals surface area contributed by atoms with Crippen molar-refractivity contribution in [3.8, 4) is 0 Å². The van der Waals surface area contributed by atoms with Gasteiger partial charge in [0.05, 0.1) is 10.6 Å². The second-order valence-electron chi connectivity index (χ2n) is 4.51. The highest BCUT2D eigenvalue weighted by atomic mass is 79.9. The molecule has 0 bridgehead atoms. The number of aliphatic hydroxyl groups is 1. The minimum atomic E-state index is -0.490. The van der Waals surface area contributed by atoms with Gasteiger partial charge in [0.2, 0.25) is 0 Å². The van der Waals surface area contributed by atoms with Crippen LogP contribution in [0.25, 0.3) is 0 Å². The summed E-state index contributed by atoms with van der Waals surface area (Å²) in [5, 5.41) is 9.91. The van der Waals surface area contributed by atoms with E-state index in [1.54, 1.807) is 12.1 Å². The van der Waals surface area contributed by atoms with Crippen molar-refractivity contribution < 1.29 is 9.50 Å². The van der Waals surface area contributed by atoms with Crippen LogP contribution < -0.4 is 0 Å². The largest absolute Gasteiger partial charge is 0.388 e. The Morgan fingerprint density at radius 1 is 1.31 bits per heavy atom. The maximum Gasteiger partial charge on any atom is 0.137 e. The zero-order valence-electron chi connectivity index (χ0n) is 9.71. The molecule has 16 heavy (non-hydrogen) atoms. The zero-order chi connectivity index (χ0) is 12.1. The molecule has 0 aromatic heterocycles. The molecule has 0 aliphatic carbocycles. The molecule has 0 heterocycles. The Bertz CT molecular complexity index is 339. The van der Waals surface area contributed by atoms with Crippen LogP contribution in [0.1, 0.15) is 44.8 Å². The van der Waals surface area contributed by atoms with Crippen LogP contribution in [0.15, 0.2) is 22.7 Å². The summed E-state index contributed by atoms with van der Waals surface area (Å²) in [6.07, 6.45) is 2.35. The van der Waals surface area contributed by atoms with Crippen molar-refractivity contribution in [3.05, 3.63) is 34.1 Å². The third-order valence-corrected chi connectivity index (χ3v) is 3.20. The van der Waals surface area contributed by atoms with E-state index in [0.717, 1.165) is 24.8 Å². The maximum atomic E-state index is 13.0. The Balaban J connectivity index is 2.52. The monoisotopic (exact) mass is 288 g/mol. The Hall–Kier alpha value is -0.410. The first-order valence-electron chi connectivity index (χ1n) is 5.63. The van der Waals surface area contributed by atoms with Crippen LogP contribution in [0, 0.1) is 11.7 Å². The number of aliphatic hydroxyl groups excluding tert-OH is 1. The fourth-order valence-electron chi connectivity index (χ4n) is 1.61. The summed E-state index contributed by atoms with van der Waals surface area (Å²) in [6, 6.07) is 4.67. The van der Waals surface area contributed by atoms with E-state index in [9.17, 15) is 9.50 Å². The summed E-state index contributed by atoms with van der Waals surface area (Å²) < 4.78 is 13.4. The summed E-state index contributed by atoms with van der Waals surface area (Å²) in [7, 11) is 0. The smallest absolute Gasteiger partial charge is 0.137 e. The van der Waals surface area contributed by atoms with Gasteiger partial charge in [-0.3, -0.25) is 0 Å². The second kappa shape index (κ2) is 6.36. The molecule has 3 heteroatoms. The molecular weight excluding hydrogens is 271 g/mol. The Morgan fingerprint density at radius 3 is 2.56 bits per heavy atom. The van der Waals surface area contributed by atoms with E-state index in [4.69, 9.17) is 0 Å². The van der Waals surface area contributed by atoms with Gasteiger partial charge < -0.3 is 5.11 Å². The lowest BCUT2D eigenvalue weighted by atomic mass is 10.0. The molecule has 1 aromatic rings. The molecule has 1 nitrogen and oxygen atoms in total. The second-order valence-corrected chi connectivity index (χ2v) is 5.37. The number of benzene rings is 1. The molecule has 0 fully saturated rings. The van der Waals surface area contributed by atoms with Crippen LogP contribution in [0.3, 0.4) is 0 Å². The molecule has 0 saturated carbocycles. The van der Waals surface area contributed by atoms with Gasteiger partial charge in [-0.25, -0.2) is 4.39 Å². The van der Waals surface area contributed by atoms with Crippen LogP contribution in [0.4, 0.5) is 4.39 Å². The lowest BCUT2D eigenvalue weighted by molar-refractivity contribution is 0.162. The lowest BCUT2D eigenvalue weighted by Crippen LogP contribution is -1.99. The summed E-state index contributed by atoms with van der Waals surface area (Å²) >= 11 is 3.12. The van der Waals surface area contributed by atoms with Gasteiger partial charge in [0.25, 0.3) is 0 Å². The highest BCUT2D eigenvalue weighted by molar-refractivity contribution is 9.10. The quantitative estimate of drug-likeness (QED) is 0.849. The summed E-state index contributed by atoms with van der Waals surface area (Å²) in [6.45, 7) is 4.34. The van der Waals surface area contributed by atoms with E-state index < -0.39 is 6.10 Å². The van der Waals surface area contributed by atoms with E-state index in [-0.39, 0.29) is 5.82 Å². The first-order chi connectivity index (χ1) is 7.50. The topological polar surface area (TPSA) is 20.2 Å². The SMILES string of the molecule is CC(C)CCCC(O)c1ccc(F)c(Br)c1. The van der Waals surface area contributed by atoms with Crippen LogP contribution >= 0.6 is 15.9 Å². The Labute approximate surface area is 105 Å². The number of rotatable bonds is 5. The van der Waals surface area contributed by atoms with Gasteiger partial charge in [-0.2, -0.15) is 0 Å². The highest BCUT2D eigenvalue weighted by Gasteiger charge is 2.09. The van der Waals surface area contributed by atoms with Crippen molar-refractivity contribution in [2.24, 2.45) is 5.92 Å². The standard InChI is InChI=1S/C13H18BrFO/c1-9(2)4-3-5-13(16)10-6-7-12(15)11(14)8-10/h6-9,13,16H,3-5H2,1-2H3. The molecule has 90 valence electrons. The fourth-order valence-corrected chi connectivity index (χ4v) is 2.00. The molecule has 1 atom stereocenters. The molecule has 1 unspecified atom stereocenters. The van der Waals surface area contributed by atoms with Crippen LogP contribution in [-0.2, 0) is 0 Å². The summed E-state index contributed by atoms with van der Waals surface area (Å²) in [5.74, 6) is 0.366. The van der Waals surface area contributed by atoms with Crippen LogP contribution in [-0.4, -0.2) is 5.11 Å². The highest BCUT2D eigenvalue weighted by Crippen LogP contribution is 2.25. The first kappa shape index (κ1) is 13.7. The van der Waals surface area contributed by atoms with E-state index in [0.29, 0.717) is 10.4 Å². The third kappa shape index (κ3) is 4.22. The van der Waals surface area contributed by atoms with Gasteiger partial charge in [-0.1, -0.05) is 32.8 Å². The van der Waals surface area contributed by atoms with Gasteiger partial charge in [-0.15, -0.1) is 0 Å². The third-order valence-electron chi connectivity index (χ3n) is 2.59. The van der Waals surface area contributed by atoms with Crippen molar-refractivity contribution in [1.29, 1.82) is 0 Å². The predicted octanol–water partition coefficient (Wildman–Crippen LogP) is 4.45. The van der Waals surface area contributed by atoms with Crippen LogP contribution in [0.5, 0.6) is 0 Å². The maximum absolute atomic E-state index is 13.0. The Morgan fingerprint density at radius 2 is 2.00 bits per heavy atom. The van der Waals surface area contributed by atoms with Gasteiger partial charge in [-0.05, 0) is 46.0 Å². The van der Waals surface area contributed by atoms with Gasteiger partial charge in [0, 0.05) is 0 Å². The fraction of sp³-hybridized carbons (Fsp3) is 0.538. The molecule has 0 aliphatic heterocycles. The van der Waals surface area contributed by atoms with E-state index in [1.807, 2.05) is 0 Å². The molecule has 0 radical (unpaired) electrons. The molecule has 0 aliphatic rings. The van der Waals surface area contributed by atoms with E-state index in [2.05, 4.69) is 29.8 Å². The average molecular weight is 289 g/mol. The molecule has 1 N–H and O–H groups in total. The van der Waals surface area contributed by atoms with Gasteiger partial charge in [0.15, 0.2) is 0 Å². The molecule has 1 aromatic carbocycles. The van der Waals surface area contributed by atoms with Gasteiger partial charge >= 0.3 is 0 Å². The van der Waals surface area contributed by atoms with Crippen molar-refractivity contribution in [3.63, 3.8) is 0 Å². The van der Waals surface area contributed by atoms with Crippen molar-refractivity contribution in [1.82, 2.24) is 0 Å². The van der Waals surface area contributed by atoms with Crippen molar-refractivity contribution in [2.75, 3.05) is 0 Å². The minimum absolute atomic E-state index is 0.293. The normalized spacial score (nSPS) is 13.1. The molecule has 0 amide bonds.